The zero-order valence-corrected chi connectivity index (χ0v) is 10.2. The van der Waals surface area contributed by atoms with E-state index in [0.29, 0.717) is 5.89 Å². The lowest BCUT2D eigenvalue weighted by Crippen LogP contribution is -2.43. The third-order valence-corrected chi connectivity index (χ3v) is 3.06. The maximum Gasteiger partial charge on any atom is 0.257 e. The minimum absolute atomic E-state index is 0.598. The zero-order chi connectivity index (χ0) is 12.2. The summed E-state index contributed by atoms with van der Waals surface area (Å²) in [5.41, 5.74) is 0.969. The molecule has 0 atom stereocenters. The van der Waals surface area contributed by atoms with Gasteiger partial charge in [0.1, 0.15) is 0 Å². The predicted molar refractivity (Wildman–Crippen MR) is 67.9 cm³/mol. The van der Waals surface area contributed by atoms with E-state index >= 15 is 0 Å². The number of nitrogens with one attached hydrogen (secondary N) is 1. The van der Waals surface area contributed by atoms with E-state index in [9.17, 15) is 0 Å². The van der Waals surface area contributed by atoms with Crippen LogP contribution in [-0.2, 0) is 6.54 Å². The predicted octanol–water partition coefficient (Wildman–Crippen LogP) is 1.14. The van der Waals surface area contributed by atoms with Crippen molar-refractivity contribution in [3.63, 3.8) is 0 Å². The van der Waals surface area contributed by atoms with Gasteiger partial charge in [-0.2, -0.15) is 4.98 Å². The van der Waals surface area contributed by atoms with E-state index in [1.165, 1.54) is 0 Å². The SMILES string of the molecule is c1ccc(-c2nc(CN3CCNCC3)no2)cc1. The van der Waals surface area contributed by atoms with Gasteiger partial charge in [-0.15, -0.1) is 0 Å². The van der Waals surface area contributed by atoms with E-state index in [0.717, 1.165) is 44.1 Å². The second-order valence-corrected chi connectivity index (χ2v) is 4.41. The third kappa shape index (κ3) is 2.57. The van der Waals surface area contributed by atoms with E-state index in [2.05, 4.69) is 20.4 Å². The molecule has 0 spiro atoms. The van der Waals surface area contributed by atoms with Gasteiger partial charge in [-0.05, 0) is 12.1 Å². The number of benzene rings is 1. The molecule has 0 unspecified atom stereocenters. The second kappa shape index (κ2) is 5.29. The highest BCUT2D eigenvalue weighted by Crippen LogP contribution is 2.16. The molecular weight excluding hydrogens is 228 g/mol. The van der Waals surface area contributed by atoms with Gasteiger partial charge in [-0.3, -0.25) is 4.90 Å². The van der Waals surface area contributed by atoms with Crippen LogP contribution in [0.5, 0.6) is 0 Å². The van der Waals surface area contributed by atoms with E-state index in [4.69, 9.17) is 4.52 Å². The molecular formula is C13H16N4O. The Labute approximate surface area is 106 Å². The van der Waals surface area contributed by atoms with Crippen molar-refractivity contribution < 1.29 is 4.52 Å². The number of hydrogen-bond acceptors (Lipinski definition) is 5. The highest BCUT2D eigenvalue weighted by atomic mass is 16.5. The van der Waals surface area contributed by atoms with Crippen LogP contribution in [0.1, 0.15) is 5.82 Å². The average molecular weight is 244 g/mol. The Morgan fingerprint density at radius 1 is 1.17 bits per heavy atom. The summed E-state index contributed by atoms with van der Waals surface area (Å²) in [5, 5.41) is 7.36. The maximum atomic E-state index is 5.29. The molecule has 0 saturated carbocycles. The lowest BCUT2D eigenvalue weighted by atomic mass is 10.2. The van der Waals surface area contributed by atoms with E-state index in [1.54, 1.807) is 0 Å². The molecule has 1 fully saturated rings. The zero-order valence-electron chi connectivity index (χ0n) is 10.2. The largest absolute Gasteiger partial charge is 0.334 e. The van der Waals surface area contributed by atoms with Crippen molar-refractivity contribution in [2.75, 3.05) is 26.2 Å². The van der Waals surface area contributed by atoms with Gasteiger partial charge in [0.2, 0.25) is 0 Å². The number of hydrogen-bond donors (Lipinski definition) is 1. The van der Waals surface area contributed by atoms with Crippen molar-refractivity contribution >= 4 is 0 Å². The molecule has 0 amide bonds. The van der Waals surface area contributed by atoms with Crippen molar-refractivity contribution in [3.05, 3.63) is 36.2 Å². The highest BCUT2D eigenvalue weighted by molar-refractivity contribution is 5.51. The Hall–Kier alpha value is -1.72. The topological polar surface area (TPSA) is 54.2 Å². The first-order valence-corrected chi connectivity index (χ1v) is 6.23. The number of aromatic nitrogens is 2. The average Bonchev–Trinajstić information content (AvgIpc) is 2.89. The molecule has 5 nitrogen and oxygen atoms in total. The van der Waals surface area contributed by atoms with Crippen LogP contribution in [0, 0.1) is 0 Å². The van der Waals surface area contributed by atoms with Gasteiger partial charge < -0.3 is 9.84 Å². The van der Waals surface area contributed by atoms with Crippen LogP contribution in [0.3, 0.4) is 0 Å². The van der Waals surface area contributed by atoms with Crippen molar-refractivity contribution in [2.24, 2.45) is 0 Å². The minimum Gasteiger partial charge on any atom is -0.334 e. The quantitative estimate of drug-likeness (QED) is 0.877. The summed E-state index contributed by atoms with van der Waals surface area (Å²) in [5.74, 6) is 1.36. The second-order valence-electron chi connectivity index (χ2n) is 4.41. The van der Waals surface area contributed by atoms with Crippen molar-refractivity contribution in [3.8, 4) is 11.5 Å². The van der Waals surface area contributed by atoms with E-state index in [-0.39, 0.29) is 0 Å². The first-order valence-electron chi connectivity index (χ1n) is 6.23. The Bertz CT molecular complexity index is 491. The van der Waals surface area contributed by atoms with Crippen LogP contribution in [0.25, 0.3) is 11.5 Å². The van der Waals surface area contributed by atoms with Gasteiger partial charge in [0.05, 0.1) is 6.54 Å². The lowest BCUT2D eigenvalue weighted by Gasteiger charge is -2.25. The molecule has 1 saturated heterocycles. The van der Waals surface area contributed by atoms with E-state index < -0.39 is 0 Å². The Morgan fingerprint density at radius 3 is 2.72 bits per heavy atom. The molecule has 0 bridgehead atoms. The minimum atomic E-state index is 0.598. The molecule has 2 heterocycles. The summed E-state index contributed by atoms with van der Waals surface area (Å²) in [6, 6.07) is 9.86. The smallest absolute Gasteiger partial charge is 0.257 e. The third-order valence-electron chi connectivity index (χ3n) is 3.06. The molecule has 1 aromatic carbocycles. The summed E-state index contributed by atoms with van der Waals surface area (Å²) in [7, 11) is 0. The van der Waals surface area contributed by atoms with Crippen molar-refractivity contribution in [2.45, 2.75) is 6.54 Å². The first kappa shape index (κ1) is 11.4. The van der Waals surface area contributed by atoms with Gasteiger partial charge >= 0.3 is 0 Å². The van der Waals surface area contributed by atoms with Gasteiger partial charge in [0.25, 0.3) is 5.89 Å². The summed E-state index contributed by atoms with van der Waals surface area (Å²) in [4.78, 5) is 6.76. The maximum absolute atomic E-state index is 5.29. The van der Waals surface area contributed by atoms with Crippen molar-refractivity contribution in [1.82, 2.24) is 20.4 Å². The molecule has 3 rings (SSSR count). The van der Waals surface area contributed by atoms with Crippen molar-refractivity contribution in [1.29, 1.82) is 0 Å². The lowest BCUT2D eigenvalue weighted by molar-refractivity contribution is 0.225. The normalized spacial score (nSPS) is 16.9. The van der Waals surface area contributed by atoms with Crippen LogP contribution >= 0.6 is 0 Å². The summed E-state index contributed by atoms with van der Waals surface area (Å²) < 4.78 is 5.29. The Morgan fingerprint density at radius 2 is 1.94 bits per heavy atom. The van der Waals surface area contributed by atoms with Gasteiger partial charge in [-0.1, -0.05) is 23.4 Å². The summed E-state index contributed by atoms with van der Waals surface area (Å²) in [6.45, 7) is 4.90. The highest BCUT2D eigenvalue weighted by Gasteiger charge is 2.14. The van der Waals surface area contributed by atoms with Crippen LogP contribution in [0.2, 0.25) is 0 Å². The standard InChI is InChI=1S/C13H16N4O/c1-2-4-11(5-3-1)13-15-12(16-18-13)10-17-8-6-14-7-9-17/h1-5,14H,6-10H2. The van der Waals surface area contributed by atoms with Gasteiger partial charge in [0, 0.05) is 31.7 Å². The Kier molecular flexibility index (Phi) is 3.34. The molecule has 1 aliphatic rings. The molecule has 5 heteroatoms. The van der Waals surface area contributed by atoms with Gasteiger partial charge in [-0.25, -0.2) is 0 Å². The fraction of sp³-hybridized carbons (Fsp3) is 0.385. The van der Waals surface area contributed by atoms with Crippen LogP contribution in [0.15, 0.2) is 34.9 Å². The molecule has 18 heavy (non-hydrogen) atoms. The molecule has 0 aliphatic carbocycles. The van der Waals surface area contributed by atoms with Crippen LogP contribution in [-0.4, -0.2) is 41.2 Å². The van der Waals surface area contributed by atoms with Crippen LogP contribution < -0.4 is 5.32 Å². The number of nitrogens with zero attached hydrogens (tertiary/aromatic N) is 3. The fourth-order valence-electron chi connectivity index (χ4n) is 2.09. The fourth-order valence-corrected chi connectivity index (χ4v) is 2.09. The van der Waals surface area contributed by atoms with Crippen LogP contribution in [0.4, 0.5) is 0 Å². The molecule has 94 valence electrons. The first-order chi connectivity index (χ1) is 8.92. The Balaban J connectivity index is 1.69. The number of piperazine rings is 1. The summed E-state index contributed by atoms with van der Waals surface area (Å²) >= 11 is 0. The van der Waals surface area contributed by atoms with Gasteiger partial charge in [0.15, 0.2) is 5.82 Å². The molecule has 1 aromatic heterocycles. The summed E-state index contributed by atoms with van der Waals surface area (Å²) in [6.07, 6.45) is 0. The molecule has 1 N–H and O–H groups in total. The molecule has 2 aromatic rings. The van der Waals surface area contributed by atoms with E-state index in [1.807, 2.05) is 30.3 Å². The molecule has 0 radical (unpaired) electrons. The molecule has 1 aliphatic heterocycles. The monoisotopic (exact) mass is 244 g/mol. The number of rotatable bonds is 3.